The van der Waals surface area contributed by atoms with Crippen LogP contribution < -0.4 is 0 Å². The number of hydrogen-bond acceptors (Lipinski definition) is 2. The first kappa shape index (κ1) is 15.5. The van der Waals surface area contributed by atoms with Crippen LogP contribution >= 0.6 is 0 Å². The molecule has 0 atom stereocenters. The van der Waals surface area contributed by atoms with Gasteiger partial charge in [0.1, 0.15) is 0 Å². The summed E-state index contributed by atoms with van der Waals surface area (Å²) >= 11 is 0. The van der Waals surface area contributed by atoms with Crippen molar-refractivity contribution in [1.29, 1.82) is 0 Å². The van der Waals surface area contributed by atoms with Crippen LogP contribution in [0.25, 0.3) is 0 Å². The number of amides is 2. The van der Waals surface area contributed by atoms with Gasteiger partial charge in [0.05, 0.1) is 6.42 Å². The van der Waals surface area contributed by atoms with Gasteiger partial charge in [-0.2, -0.15) is 0 Å². The number of hydrogen-bond donors (Lipinski definition) is 0. The Morgan fingerprint density at radius 3 is 2.05 bits per heavy atom. The van der Waals surface area contributed by atoms with Crippen molar-refractivity contribution in [2.24, 2.45) is 5.92 Å². The van der Waals surface area contributed by atoms with Gasteiger partial charge in [0, 0.05) is 32.1 Å². The molecule has 4 nitrogen and oxygen atoms in total. The van der Waals surface area contributed by atoms with Crippen LogP contribution in [0.1, 0.15) is 25.0 Å². The van der Waals surface area contributed by atoms with Gasteiger partial charge in [-0.05, 0) is 12.5 Å². The molecule has 1 aliphatic heterocycles. The topological polar surface area (TPSA) is 40.6 Å². The molecular formula is C17H24N2O2. The van der Waals surface area contributed by atoms with Gasteiger partial charge < -0.3 is 9.80 Å². The summed E-state index contributed by atoms with van der Waals surface area (Å²) in [5.41, 5.74) is 2.25. The van der Waals surface area contributed by atoms with E-state index in [0.717, 1.165) is 5.56 Å². The quantitative estimate of drug-likeness (QED) is 0.852. The van der Waals surface area contributed by atoms with Crippen molar-refractivity contribution in [3.8, 4) is 0 Å². The Balaban J connectivity index is 1.86. The first-order chi connectivity index (χ1) is 9.97. The van der Waals surface area contributed by atoms with E-state index in [1.807, 2.05) is 54.8 Å². The van der Waals surface area contributed by atoms with Gasteiger partial charge in [0.15, 0.2) is 0 Å². The maximum atomic E-state index is 12.3. The Bertz CT molecular complexity index is 500. The van der Waals surface area contributed by atoms with Crippen LogP contribution in [0.15, 0.2) is 24.3 Å². The zero-order chi connectivity index (χ0) is 15.4. The summed E-state index contributed by atoms with van der Waals surface area (Å²) in [5.74, 6) is 0.357. The first-order valence-electron chi connectivity index (χ1n) is 7.59. The Morgan fingerprint density at radius 2 is 1.52 bits per heavy atom. The highest BCUT2D eigenvalue weighted by atomic mass is 16.2. The molecular weight excluding hydrogens is 264 g/mol. The Kier molecular flexibility index (Phi) is 4.99. The predicted molar refractivity (Wildman–Crippen MR) is 82.9 cm³/mol. The zero-order valence-electron chi connectivity index (χ0n) is 13.1. The van der Waals surface area contributed by atoms with Crippen molar-refractivity contribution in [3.05, 3.63) is 35.4 Å². The molecule has 0 spiro atoms. The molecule has 0 aliphatic carbocycles. The number of carbonyl (C=O) groups excluding carboxylic acids is 2. The van der Waals surface area contributed by atoms with Crippen molar-refractivity contribution >= 4 is 11.8 Å². The third kappa shape index (κ3) is 4.06. The minimum atomic E-state index is 0.0276. The van der Waals surface area contributed by atoms with Crippen LogP contribution in [0.5, 0.6) is 0 Å². The van der Waals surface area contributed by atoms with Crippen LogP contribution in [0.2, 0.25) is 0 Å². The largest absolute Gasteiger partial charge is 0.339 e. The van der Waals surface area contributed by atoms with Crippen LogP contribution in [-0.4, -0.2) is 47.8 Å². The van der Waals surface area contributed by atoms with Gasteiger partial charge in [-0.25, -0.2) is 0 Å². The van der Waals surface area contributed by atoms with Crippen LogP contribution in [-0.2, 0) is 16.0 Å². The maximum Gasteiger partial charge on any atom is 0.227 e. The molecule has 0 radical (unpaired) electrons. The number of carbonyl (C=O) groups is 2. The standard InChI is InChI=1S/C17H24N2O2/c1-13(2)17(21)19-10-8-18(9-11-19)16(20)12-15-6-4-14(3)5-7-15/h4-7,13H,8-12H2,1-3H3. The van der Waals surface area contributed by atoms with Crippen molar-refractivity contribution in [3.63, 3.8) is 0 Å². The molecule has 0 saturated carbocycles. The van der Waals surface area contributed by atoms with Gasteiger partial charge in [0.25, 0.3) is 0 Å². The van der Waals surface area contributed by atoms with Gasteiger partial charge in [-0.3, -0.25) is 9.59 Å². The molecule has 1 heterocycles. The molecule has 4 heteroatoms. The molecule has 1 fully saturated rings. The predicted octanol–water partition coefficient (Wildman–Crippen LogP) is 1.86. The molecule has 0 aromatic heterocycles. The highest BCUT2D eigenvalue weighted by Crippen LogP contribution is 2.10. The smallest absolute Gasteiger partial charge is 0.227 e. The fraction of sp³-hybridized carbons (Fsp3) is 0.529. The Morgan fingerprint density at radius 1 is 1.00 bits per heavy atom. The summed E-state index contributed by atoms with van der Waals surface area (Å²) < 4.78 is 0. The second-order valence-electron chi connectivity index (χ2n) is 6.02. The van der Waals surface area contributed by atoms with E-state index in [0.29, 0.717) is 32.6 Å². The number of aryl methyl sites for hydroxylation is 1. The lowest BCUT2D eigenvalue weighted by Crippen LogP contribution is -2.51. The highest BCUT2D eigenvalue weighted by molar-refractivity contribution is 5.80. The zero-order valence-corrected chi connectivity index (χ0v) is 13.1. The van der Waals surface area contributed by atoms with E-state index in [9.17, 15) is 9.59 Å². The molecule has 0 bridgehead atoms. The third-order valence-corrected chi connectivity index (χ3v) is 3.91. The maximum absolute atomic E-state index is 12.3. The minimum Gasteiger partial charge on any atom is -0.339 e. The molecule has 1 saturated heterocycles. The molecule has 1 aromatic carbocycles. The molecule has 2 rings (SSSR count). The Hall–Kier alpha value is -1.84. The van der Waals surface area contributed by atoms with Crippen molar-refractivity contribution in [2.75, 3.05) is 26.2 Å². The average Bonchev–Trinajstić information content (AvgIpc) is 2.49. The number of benzene rings is 1. The normalized spacial score (nSPS) is 15.4. The molecule has 2 amide bonds. The van der Waals surface area contributed by atoms with E-state index in [1.54, 1.807) is 0 Å². The van der Waals surface area contributed by atoms with E-state index in [2.05, 4.69) is 0 Å². The van der Waals surface area contributed by atoms with Crippen molar-refractivity contribution < 1.29 is 9.59 Å². The summed E-state index contributed by atoms with van der Waals surface area (Å²) in [6.07, 6.45) is 0.443. The molecule has 114 valence electrons. The van der Waals surface area contributed by atoms with Gasteiger partial charge in [-0.15, -0.1) is 0 Å². The van der Waals surface area contributed by atoms with Crippen molar-refractivity contribution in [2.45, 2.75) is 27.2 Å². The van der Waals surface area contributed by atoms with E-state index >= 15 is 0 Å². The fourth-order valence-corrected chi connectivity index (χ4v) is 2.53. The molecule has 1 aromatic rings. The van der Waals surface area contributed by atoms with Gasteiger partial charge in [0.2, 0.25) is 11.8 Å². The molecule has 0 N–H and O–H groups in total. The number of nitrogens with zero attached hydrogens (tertiary/aromatic N) is 2. The minimum absolute atomic E-state index is 0.0276. The lowest BCUT2D eigenvalue weighted by atomic mass is 10.1. The highest BCUT2D eigenvalue weighted by Gasteiger charge is 2.25. The van der Waals surface area contributed by atoms with Crippen LogP contribution in [0, 0.1) is 12.8 Å². The molecule has 1 aliphatic rings. The first-order valence-corrected chi connectivity index (χ1v) is 7.59. The van der Waals surface area contributed by atoms with Crippen LogP contribution in [0.4, 0.5) is 0 Å². The van der Waals surface area contributed by atoms with Crippen LogP contribution in [0.3, 0.4) is 0 Å². The van der Waals surface area contributed by atoms with Gasteiger partial charge >= 0.3 is 0 Å². The Labute approximate surface area is 126 Å². The lowest BCUT2D eigenvalue weighted by molar-refractivity contribution is -0.141. The molecule has 21 heavy (non-hydrogen) atoms. The average molecular weight is 288 g/mol. The second kappa shape index (κ2) is 6.74. The van der Waals surface area contributed by atoms with Crippen molar-refractivity contribution in [1.82, 2.24) is 9.80 Å². The fourth-order valence-electron chi connectivity index (χ4n) is 2.53. The van der Waals surface area contributed by atoms with E-state index < -0.39 is 0 Å². The molecule has 0 unspecified atom stereocenters. The summed E-state index contributed by atoms with van der Waals surface area (Å²) in [6, 6.07) is 8.07. The van der Waals surface area contributed by atoms with E-state index in [-0.39, 0.29) is 17.7 Å². The third-order valence-electron chi connectivity index (χ3n) is 3.91. The second-order valence-corrected chi connectivity index (χ2v) is 6.02. The number of piperazine rings is 1. The van der Waals surface area contributed by atoms with E-state index in [1.165, 1.54) is 5.56 Å². The van der Waals surface area contributed by atoms with E-state index in [4.69, 9.17) is 0 Å². The summed E-state index contributed by atoms with van der Waals surface area (Å²) in [5, 5.41) is 0. The van der Waals surface area contributed by atoms with Gasteiger partial charge in [-0.1, -0.05) is 43.7 Å². The SMILES string of the molecule is Cc1ccc(CC(=O)N2CCN(C(=O)C(C)C)CC2)cc1. The monoisotopic (exact) mass is 288 g/mol. The number of rotatable bonds is 3. The summed E-state index contributed by atoms with van der Waals surface area (Å²) in [4.78, 5) is 27.9. The summed E-state index contributed by atoms with van der Waals surface area (Å²) in [7, 11) is 0. The lowest BCUT2D eigenvalue weighted by Gasteiger charge is -2.35. The summed E-state index contributed by atoms with van der Waals surface area (Å²) in [6.45, 7) is 8.45.